The van der Waals surface area contributed by atoms with Crippen molar-refractivity contribution in [2.24, 2.45) is 0 Å². The number of halogens is 2. The van der Waals surface area contributed by atoms with E-state index in [4.69, 9.17) is 0 Å². The van der Waals surface area contributed by atoms with Crippen molar-refractivity contribution in [3.63, 3.8) is 0 Å². The van der Waals surface area contributed by atoms with Crippen molar-refractivity contribution in [1.82, 2.24) is 4.31 Å². The van der Waals surface area contributed by atoms with Gasteiger partial charge in [0.15, 0.2) is 0 Å². The number of sulfonamides is 1. The van der Waals surface area contributed by atoms with Crippen LogP contribution >= 0.6 is 15.9 Å². The molecule has 0 spiro atoms. The summed E-state index contributed by atoms with van der Waals surface area (Å²) < 4.78 is 39.9. The van der Waals surface area contributed by atoms with Crippen LogP contribution in [0, 0.1) is 12.7 Å². The average Bonchev–Trinajstić information content (AvgIpc) is 2.49. The maximum atomic E-state index is 13.1. The van der Waals surface area contributed by atoms with Gasteiger partial charge in [-0.05, 0) is 48.9 Å². The van der Waals surface area contributed by atoms with E-state index in [1.807, 2.05) is 0 Å². The first-order valence-electron chi connectivity index (χ1n) is 6.98. The Morgan fingerprint density at radius 3 is 2.58 bits per heavy atom. The summed E-state index contributed by atoms with van der Waals surface area (Å²) in [5.41, 5.74) is 1.04. The Balaban J connectivity index is 2.11. The number of anilines is 1. The van der Waals surface area contributed by atoms with Gasteiger partial charge in [-0.2, -0.15) is 4.31 Å². The molecular weight excluding hydrogens is 399 g/mol. The lowest BCUT2D eigenvalue weighted by Crippen LogP contribution is -2.35. The molecule has 2 aromatic carbocycles. The molecule has 2 aromatic rings. The first kappa shape index (κ1) is 18.6. The molecule has 0 saturated heterocycles. The Morgan fingerprint density at radius 1 is 1.25 bits per heavy atom. The van der Waals surface area contributed by atoms with Crippen molar-refractivity contribution in [3.05, 3.63) is 58.3 Å². The lowest BCUT2D eigenvalue weighted by Gasteiger charge is -2.17. The van der Waals surface area contributed by atoms with Crippen LogP contribution in [0.3, 0.4) is 0 Å². The molecule has 128 valence electrons. The fraction of sp³-hybridized carbons (Fsp3) is 0.188. The summed E-state index contributed by atoms with van der Waals surface area (Å²) >= 11 is 3.31. The minimum Gasteiger partial charge on any atom is -0.325 e. The quantitative estimate of drug-likeness (QED) is 0.816. The van der Waals surface area contributed by atoms with Gasteiger partial charge in [-0.25, -0.2) is 12.8 Å². The number of aryl methyl sites for hydroxylation is 1. The van der Waals surface area contributed by atoms with E-state index in [0.29, 0.717) is 0 Å². The van der Waals surface area contributed by atoms with E-state index in [2.05, 4.69) is 21.2 Å². The van der Waals surface area contributed by atoms with Gasteiger partial charge in [0.2, 0.25) is 15.9 Å². The minimum absolute atomic E-state index is 0.101. The van der Waals surface area contributed by atoms with Gasteiger partial charge in [0.05, 0.1) is 11.4 Å². The van der Waals surface area contributed by atoms with Crippen LogP contribution in [-0.2, 0) is 14.8 Å². The van der Waals surface area contributed by atoms with Crippen LogP contribution in [0.4, 0.5) is 10.1 Å². The number of hydrogen-bond acceptors (Lipinski definition) is 3. The van der Waals surface area contributed by atoms with Gasteiger partial charge < -0.3 is 5.32 Å². The molecule has 5 nitrogen and oxygen atoms in total. The SMILES string of the molecule is Cc1cc(S(=O)(=O)N(C)CC(=O)Nc2cccc(F)c2)ccc1Br. The maximum absolute atomic E-state index is 13.1. The highest BCUT2D eigenvalue weighted by Crippen LogP contribution is 2.22. The van der Waals surface area contributed by atoms with Gasteiger partial charge in [-0.3, -0.25) is 4.79 Å². The number of nitrogens with one attached hydrogen (secondary N) is 1. The molecule has 1 N–H and O–H groups in total. The summed E-state index contributed by atoms with van der Waals surface area (Å²) in [6.07, 6.45) is 0. The minimum atomic E-state index is -3.80. The van der Waals surface area contributed by atoms with Crippen molar-refractivity contribution in [1.29, 1.82) is 0 Å². The second-order valence-corrected chi connectivity index (χ2v) is 8.13. The lowest BCUT2D eigenvalue weighted by molar-refractivity contribution is -0.116. The highest BCUT2D eigenvalue weighted by molar-refractivity contribution is 9.10. The Morgan fingerprint density at radius 2 is 1.96 bits per heavy atom. The topological polar surface area (TPSA) is 66.5 Å². The van der Waals surface area contributed by atoms with Gasteiger partial charge in [0.25, 0.3) is 0 Å². The fourth-order valence-corrected chi connectivity index (χ4v) is 3.47. The molecule has 2 rings (SSSR count). The zero-order valence-electron chi connectivity index (χ0n) is 13.1. The molecular formula is C16H16BrFN2O3S. The lowest BCUT2D eigenvalue weighted by atomic mass is 10.2. The number of hydrogen-bond donors (Lipinski definition) is 1. The van der Waals surface area contributed by atoms with E-state index in [1.165, 1.54) is 37.4 Å². The van der Waals surface area contributed by atoms with E-state index >= 15 is 0 Å². The Labute approximate surface area is 148 Å². The zero-order valence-corrected chi connectivity index (χ0v) is 15.5. The molecule has 0 unspecified atom stereocenters. The molecule has 0 saturated carbocycles. The van der Waals surface area contributed by atoms with E-state index in [-0.39, 0.29) is 17.1 Å². The molecule has 0 radical (unpaired) electrons. The van der Waals surface area contributed by atoms with Gasteiger partial charge in [0.1, 0.15) is 5.82 Å². The molecule has 0 aliphatic heterocycles. The predicted octanol–water partition coefficient (Wildman–Crippen LogP) is 3.16. The number of likely N-dealkylation sites (N-methyl/N-ethyl adjacent to an activating group) is 1. The zero-order chi connectivity index (χ0) is 17.9. The molecule has 0 aliphatic carbocycles. The van der Waals surface area contributed by atoms with Crippen LogP contribution in [0.2, 0.25) is 0 Å². The third kappa shape index (κ3) is 4.40. The average molecular weight is 415 g/mol. The molecule has 8 heteroatoms. The van der Waals surface area contributed by atoms with Crippen LogP contribution in [0.25, 0.3) is 0 Å². The van der Waals surface area contributed by atoms with Crippen LogP contribution in [0.15, 0.2) is 51.8 Å². The number of carbonyl (C=O) groups excluding carboxylic acids is 1. The van der Waals surface area contributed by atoms with Crippen molar-refractivity contribution in [2.45, 2.75) is 11.8 Å². The number of amides is 1. The highest BCUT2D eigenvalue weighted by Gasteiger charge is 2.23. The molecule has 24 heavy (non-hydrogen) atoms. The van der Waals surface area contributed by atoms with Crippen molar-refractivity contribution >= 4 is 37.5 Å². The van der Waals surface area contributed by atoms with E-state index in [1.54, 1.807) is 13.0 Å². The fourth-order valence-electron chi connectivity index (χ4n) is 2.01. The molecule has 1 amide bonds. The van der Waals surface area contributed by atoms with Crippen LogP contribution in [-0.4, -0.2) is 32.2 Å². The van der Waals surface area contributed by atoms with Gasteiger partial charge >= 0.3 is 0 Å². The summed E-state index contributed by atoms with van der Waals surface area (Å²) in [6.45, 7) is 1.40. The van der Waals surface area contributed by atoms with Crippen molar-refractivity contribution < 1.29 is 17.6 Å². The number of nitrogens with zero attached hydrogens (tertiary/aromatic N) is 1. The summed E-state index contributed by atoms with van der Waals surface area (Å²) in [7, 11) is -2.48. The summed E-state index contributed by atoms with van der Waals surface area (Å²) in [5, 5.41) is 2.47. The third-order valence-corrected chi connectivity index (χ3v) is 6.00. The normalized spacial score (nSPS) is 11.5. The summed E-state index contributed by atoms with van der Waals surface area (Å²) in [4.78, 5) is 12.1. The molecule has 0 aliphatic rings. The monoisotopic (exact) mass is 414 g/mol. The standard InChI is InChI=1S/C16H16BrFN2O3S/c1-11-8-14(6-7-15(11)17)24(22,23)20(2)10-16(21)19-13-5-3-4-12(18)9-13/h3-9H,10H2,1-2H3,(H,19,21). The van der Waals surface area contributed by atoms with Crippen LogP contribution < -0.4 is 5.32 Å². The van der Waals surface area contributed by atoms with Gasteiger partial charge in [-0.1, -0.05) is 22.0 Å². The van der Waals surface area contributed by atoms with E-state index < -0.39 is 21.7 Å². The molecule has 0 bridgehead atoms. The second-order valence-electron chi connectivity index (χ2n) is 5.23. The van der Waals surface area contributed by atoms with E-state index in [9.17, 15) is 17.6 Å². The highest BCUT2D eigenvalue weighted by atomic mass is 79.9. The maximum Gasteiger partial charge on any atom is 0.243 e. The smallest absolute Gasteiger partial charge is 0.243 e. The van der Waals surface area contributed by atoms with Crippen molar-refractivity contribution in [2.75, 3.05) is 18.9 Å². The number of carbonyl (C=O) groups is 1. The van der Waals surface area contributed by atoms with Crippen LogP contribution in [0.1, 0.15) is 5.56 Å². The Hall–Kier alpha value is -1.77. The first-order valence-corrected chi connectivity index (χ1v) is 9.21. The number of rotatable bonds is 5. The van der Waals surface area contributed by atoms with E-state index in [0.717, 1.165) is 20.4 Å². The molecule has 0 fully saturated rings. The number of benzene rings is 2. The molecule has 0 heterocycles. The van der Waals surface area contributed by atoms with Gasteiger partial charge in [0, 0.05) is 17.2 Å². The van der Waals surface area contributed by atoms with Crippen molar-refractivity contribution in [3.8, 4) is 0 Å². The molecule has 0 aromatic heterocycles. The summed E-state index contributed by atoms with van der Waals surface area (Å²) in [6, 6.07) is 10.0. The first-order chi connectivity index (χ1) is 11.2. The largest absolute Gasteiger partial charge is 0.325 e. The second kappa shape index (κ2) is 7.42. The predicted molar refractivity (Wildman–Crippen MR) is 93.7 cm³/mol. The third-order valence-electron chi connectivity index (χ3n) is 3.31. The Bertz CT molecular complexity index is 871. The summed E-state index contributed by atoms with van der Waals surface area (Å²) in [5.74, 6) is -1.04. The Kier molecular flexibility index (Phi) is 5.74. The van der Waals surface area contributed by atoms with Gasteiger partial charge in [-0.15, -0.1) is 0 Å². The van der Waals surface area contributed by atoms with Crippen LogP contribution in [0.5, 0.6) is 0 Å². The molecule has 0 atom stereocenters.